The fraction of sp³-hybridized carbons (Fsp3) is 0.455. The third-order valence-electron chi connectivity index (χ3n) is 3.10. The predicted octanol–water partition coefficient (Wildman–Crippen LogP) is 2.86. The van der Waals surface area contributed by atoms with Crippen molar-refractivity contribution in [3.63, 3.8) is 0 Å². The van der Waals surface area contributed by atoms with Crippen LogP contribution in [0.2, 0.25) is 5.02 Å². The molecule has 0 amide bonds. The molecule has 3 heteroatoms. The maximum absolute atomic E-state index is 13.1. The van der Waals surface area contributed by atoms with Gasteiger partial charge in [-0.2, -0.15) is 0 Å². The Morgan fingerprint density at radius 1 is 1.43 bits per heavy atom. The molecule has 0 aliphatic heterocycles. The average molecular weight is 214 g/mol. The summed E-state index contributed by atoms with van der Waals surface area (Å²) in [5.41, 5.74) is 6.82. The van der Waals surface area contributed by atoms with Crippen LogP contribution in [0.3, 0.4) is 0 Å². The topological polar surface area (TPSA) is 26.0 Å². The molecule has 1 nitrogen and oxygen atoms in total. The van der Waals surface area contributed by atoms with Crippen LogP contribution in [0.25, 0.3) is 0 Å². The van der Waals surface area contributed by atoms with E-state index in [1.165, 1.54) is 6.07 Å². The molecule has 0 saturated heterocycles. The molecule has 14 heavy (non-hydrogen) atoms. The molecule has 0 aromatic heterocycles. The van der Waals surface area contributed by atoms with Gasteiger partial charge in [0.15, 0.2) is 0 Å². The zero-order chi connectivity index (χ0) is 10.3. The highest BCUT2D eigenvalue weighted by molar-refractivity contribution is 6.30. The minimum atomic E-state index is -0.278. The second kappa shape index (κ2) is 3.21. The van der Waals surface area contributed by atoms with Crippen molar-refractivity contribution >= 4 is 11.6 Å². The predicted molar refractivity (Wildman–Crippen MR) is 56.0 cm³/mol. The van der Waals surface area contributed by atoms with E-state index >= 15 is 0 Å². The number of halogens is 2. The minimum absolute atomic E-state index is 0.0221. The fourth-order valence-corrected chi connectivity index (χ4v) is 2.20. The standard InChI is InChI=1S/C11H13ClFN/c1-7(14)11(2-3-11)8-4-9(12)6-10(13)5-8/h4-7H,2-3,14H2,1H3. The van der Waals surface area contributed by atoms with Gasteiger partial charge < -0.3 is 5.73 Å². The van der Waals surface area contributed by atoms with Crippen LogP contribution in [-0.4, -0.2) is 6.04 Å². The van der Waals surface area contributed by atoms with Gasteiger partial charge in [-0.15, -0.1) is 0 Å². The molecule has 0 spiro atoms. The first-order chi connectivity index (χ1) is 6.54. The van der Waals surface area contributed by atoms with Gasteiger partial charge in [-0.1, -0.05) is 11.6 Å². The molecule has 0 heterocycles. The Labute approximate surface area is 88.1 Å². The third-order valence-corrected chi connectivity index (χ3v) is 3.32. The summed E-state index contributed by atoms with van der Waals surface area (Å²) in [5, 5.41) is 0.451. The van der Waals surface area contributed by atoms with E-state index in [1.54, 1.807) is 6.07 Å². The summed E-state index contributed by atoms with van der Waals surface area (Å²) in [7, 11) is 0. The molecular weight excluding hydrogens is 201 g/mol. The quantitative estimate of drug-likeness (QED) is 0.803. The van der Waals surface area contributed by atoms with Crippen LogP contribution < -0.4 is 5.73 Å². The van der Waals surface area contributed by atoms with E-state index < -0.39 is 0 Å². The lowest BCUT2D eigenvalue weighted by Gasteiger charge is -2.20. The average Bonchev–Trinajstić information content (AvgIpc) is 2.81. The first-order valence-corrected chi connectivity index (χ1v) is 5.14. The van der Waals surface area contributed by atoms with Gasteiger partial charge in [0.25, 0.3) is 0 Å². The highest BCUT2D eigenvalue weighted by atomic mass is 35.5. The molecule has 1 atom stereocenters. The van der Waals surface area contributed by atoms with Crippen molar-refractivity contribution in [2.45, 2.75) is 31.2 Å². The van der Waals surface area contributed by atoms with Crippen molar-refractivity contribution in [2.75, 3.05) is 0 Å². The number of benzene rings is 1. The van der Waals surface area contributed by atoms with Crippen LogP contribution in [0.1, 0.15) is 25.3 Å². The number of rotatable bonds is 2. The van der Waals surface area contributed by atoms with E-state index in [4.69, 9.17) is 17.3 Å². The smallest absolute Gasteiger partial charge is 0.124 e. The van der Waals surface area contributed by atoms with Crippen molar-refractivity contribution < 1.29 is 4.39 Å². The van der Waals surface area contributed by atoms with Crippen LogP contribution in [0.5, 0.6) is 0 Å². The zero-order valence-electron chi connectivity index (χ0n) is 8.06. The summed E-state index contributed by atoms with van der Waals surface area (Å²) in [6.45, 7) is 1.96. The summed E-state index contributed by atoms with van der Waals surface area (Å²) >= 11 is 5.81. The molecule has 1 saturated carbocycles. The first kappa shape index (κ1) is 9.94. The Balaban J connectivity index is 2.42. The van der Waals surface area contributed by atoms with Crippen LogP contribution in [0.15, 0.2) is 18.2 Å². The van der Waals surface area contributed by atoms with E-state index in [0.717, 1.165) is 18.4 Å². The van der Waals surface area contributed by atoms with E-state index in [2.05, 4.69) is 0 Å². The Kier molecular flexibility index (Phi) is 2.28. The summed E-state index contributed by atoms with van der Waals surface area (Å²) in [6, 6.07) is 4.74. The lowest BCUT2D eigenvalue weighted by atomic mass is 9.89. The van der Waals surface area contributed by atoms with Crippen molar-refractivity contribution in [3.8, 4) is 0 Å². The largest absolute Gasteiger partial charge is 0.327 e. The highest BCUT2D eigenvalue weighted by Crippen LogP contribution is 2.50. The SMILES string of the molecule is CC(N)C1(c2cc(F)cc(Cl)c2)CC1. The number of hydrogen-bond donors (Lipinski definition) is 1. The molecule has 2 rings (SSSR count). The van der Waals surface area contributed by atoms with E-state index in [0.29, 0.717) is 5.02 Å². The lowest BCUT2D eigenvalue weighted by molar-refractivity contribution is 0.548. The van der Waals surface area contributed by atoms with Crippen LogP contribution in [0, 0.1) is 5.82 Å². The van der Waals surface area contributed by atoms with Crippen molar-refractivity contribution in [1.29, 1.82) is 0 Å². The van der Waals surface area contributed by atoms with Gasteiger partial charge in [0.1, 0.15) is 5.82 Å². The van der Waals surface area contributed by atoms with Gasteiger partial charge in [-0.25, -0.2) is 4.39 Å². The third kappa shape index (κ3) is 1.53. The molecule has 1 fully saturated rings. The normalized spacial score (nSPS) is 20.6. The second-order valence-corrected chi connectivity index (χ2v) is 4.54. The number of hydrogen-bond acceptors (Lipinski definition) is 1. The molecule has 0 bridgehead atoms. The van der Waals surface area contributed by atoms with Gasteiger partial charge >= 0.3 is 0 Å². The van der Waals surface area contributed by atoms with Gasteiger partial charge in [-0.3, -0.25) is 0 Å². The van der Waals surface area contributed by atoms with E-state index in [-0.39, 0.29) is 17.3 Å². The molecule has 2 N–H and O–H groups in total. The highest BCUT2D eigenvalue weighted by Gasteiger charge is 2.47. The number of nitrogens with two attached hydrogens (primary N) is 1. The Bertz CT molecular complexity index is 338. The van der Waals surface area contributed by atoms with Gasteiger partial charge in [-0.05, 0) is 43.5 Å². The van der Waals surface area contributed by atoms with E-state index in [9.17, 15) is 4.39 Å². The molecular formula is C11H13ClFN. The van der Waals surface area contributed by atoms with Crippen molar-refractivity contribution in [3.05, 3.63) is 34.6 Å². The molecule has 1 unspecified atom stereocenters. The summed E-state index contributed by atoms with van der Waals surface area (Å²) in [4.78, 5) is 0. The zero-order valence-corrected chi connectivity index (χ0v) is 8.81. The molecule has 0 radical (unpaired) electrons. The van der Waals surface area contributed by atoms with Crippen LogP contribution >= 0.6 is 11.6 Å². The lowest BCUT2D eigenvalue weighted by Crippen LogP contribution is -2.31. The van der Waals surface area contributed by atoms with Crippen LogP contribution in [-0.2, 0) is 5.41 Å². The van der Waals surface area contributed by atoms with Crippen molar-refractivity contribution in [2.24, 2.45) is 5.73 Å². The summed E-state index contributed by atoms with van der Waals surface area (Å²) in [6.07, 6.45) is 2.06. The molecule has 1 aliphatic rings. The van der Waals surface area contributed by atoms with E-state index in [1.807, 2.05) is 13.0 Å². The molecule has 1 aromatic carbocycles. The van der Waals surface area contributed by atoms with Gasteiger partial charge in [0, 0.05) is 16.5 Å². The van der Waals surface area contributed by atoms with Crippen LogP contribution in [0.4, 0.5) is 4.39 Å². The monoisotopic (exact) mass is 213 g/mol. The molecule has 1 aliphatic carbocycles. The Morgan fingerprint density at radius 3 is 2.50 bits per heavy atom. The fourth-order valence-electron chi connectivity index (χ4n) is 1.98. The maximum atomic E-state index is 13.1. The first-order valence-electron chi connectivity index (χ1n) is 4.77. The Morgan fingerprint density at radius 2 is 2.07 bits per heavy atom. The van der Waals surface area contributed by atoms with Crippen molar-refractivity contribution in [1.82, 2.24) is 0 Å². The maximum Gasteiger partial charge on any atom is 0.124 e. The second-order valence-electron chi connectivity index (χ2n) is 4.10. The minimum Gasteiger partial charge on any atom is -0.327 e. The molecule has 1 aromatic rings. The Hall–Kier alpha value is -0.600. The summed E-state index contributed by atoms with van der Waals surface area (Å²) in [5.74, 6) is -0.278. The van der Waals surface area contributed by atoms with Gasteiger partial charge in [0.05, 0.1) is 0 Å². The summed E-state index contributed by atoms with van der Waals surface area (Å²) < 4.78 is 13.1. The molecule has 76 valence electrons. The van der Waals surface area contributed by atoms with Gasteiger partial charge in [0.2, 0.25) is 0 Å².